The molecule has 11 heavy (non-hydrogen) atoms. The van der Waals surface area contributed by atoms with E-state index in [2.05, 4.69) is 12.2 Å². The van der Waals surface area contributed by atoms with Gasteiger partial charge in [-0.1, -0.05) is 13.3 Å². The molecule has 66 valence electrons. The number of carbonyl (C=O) groups excluding carboxylic acids is 1. The molecule has 0 saturated carbocycles. The Kier molecular flexibility index (Phi) is 5.78. The Balaban J connectivity index is 3.36. The van der Waals surface area contributed by atoms with E-state index in [1.165, 1.54) is 0 Å². The number of nitrogens with one attached hydrogen (secondary N) is 1. The third-order valence-electron chi connectivity index (χ3n) is 1.42. The van der Waals surface area contributed by atoms with Crippen LogP contribution in [0.25, 0.3) is 0 Å². The Morgan fingerprint density at radius 2 is 2.27 bits per heavy atom. The summed E-state index contributed by atoms with van der Waals surface area (Å²) in [6, 6.07) is -0.549. The van der Waals surface area contributed by atoms with E-state index < -0.39 is 6.04 Å². The van der Waals surface area contributed by atoms with Gasteiger partial charge in [-0.25, -0.2) is 0 Å². The number of hydrogen-bond acceptors (Lipinski definition) is 3. The van der Waals surface area contributed by atoms with Crippen molar-refractivity contribution in [1.82, 2.24) is 5.32 Å². The normalized spacial score (nSPS) is 12.6. The first kappa shape index (κ1) is 10.4. The average molecular weight is 159 g/mol. The molecule has 1 unspecified atom stereocenters. The third kappa shape index (κ3) is 4.75. The van der Waals surface area contributed by atoms with E-state index in [1.54, 1.807) is 0 Å². The summed E-state index contributed by atoms with van der Waals surface area (Å²) in [6.45, 7) is 2.97. The summed E-state index contributed by atoms with van der Waals surface area (Å²) in [4.78, 5) is 10.9. The molecule has 0 saturated heterocycles. The van der Waals surface area contributed by atoms with Crippen molar-refractivity contribution >= 4 is 5.91 Å². The molecule has 0 aliphatic carbocycles. The maximum absolute atomic E-state index is 10.9. The highest BCUT2D eigenvalue weighted by molar-refractivity contribution is 5.81. The number of unbranched alkanes of at least 4 members (excludes halogenated alkanes) is 1. The van der Waals surface area contributed by atoms with Gasteiger partial charge in [-0.2, -0.15) is 0 Å². The summed E-state index contributed by atoms with van der Waals surface area (Å²) in [5.41, 5.74) is 10.6. The molecule has 4 nitrogen and oxygen atoms in total. The smallest absolute Gasteiger partial charge is 0.238 e. The van der Waals surface area contributed by atoms with Crippen LogP contribution in [0, 0.1) is 0 Å². The SMILES string of the molecule is CCCCNC(=O)C(N)CN. The van der Waals surface area contributed by atoms with Crippen LogP contribution in [0.4, 0.5) is 0 Å². The number of carbonyl (C=O) groups is 1. The second kappa shape index (κ2) is 6.12. The largest absolute Gasteiger partial charge is 0.355 e. The Morgan fingerprint density at radius 1 is 1.64 bits per heavy atom. The van der Waals surface area contributed by atoms with Gasteiger partial charge >= 0.3 is 0 Å². The van der Waals surface area contributed by atoms with Crippen molar-refractivity contribution in [2.45, 2.75) is 25.8 Å². The first-order valence-corrected chi connectivity index (χ1v) is 3.95. The summed E-state index contributed by atoms with van der Waals surface area (Å²) >= 11 is 0. The van der Waals surface area contributed by atoms with Gasteiger partial charge in [-0.3, -0.25) is 4.79 Å². The molecule has 0 aromatic carbocycles. The van der Waals surface area contributed by atoms with Gasteiger partial charge in [0.25, 0.3) is 0 Å². The molecule has 0 aromatic heterocycles. The van der Waals surface area contributed by atoms with E-state index in [1.807, 2.05) is 0 Å². The molecule has 0 bridgehead atoms. The first-order chi connectivity index (χ1) is 5.22. The van der Waals surface area contributed by atoms with Crippen LogP contribution in [-0.4, -0.2) is 25.0 Å². The van der Waals surface area contributed by atoms with Crippen LogP contribution in [0.15, 0.2) is 0 Å². The molecular formula is C7H17N3O. The van der Waals surface area contributed by atoms with Gasteiger partial charge in [-0.05, 0) is 6.42 Å². The van der Waals surface area contributed by atoms with Gasteiger partial charge in [0, 0.05) is 13.1 Å². The minimum Gasteiger partial charge on any atom is -0.355 e. The first-order valence-electron chi connectivity index (χ1n) is 3.95. The minimum atomic E-state index is -0.549. The Bertz CT molecular complexity index is 116. The van der Waals surface area contributed by atoms with E-state index in [0.717, 1.165) is 12.8 Å². The average Bonchev–Trinajstić information content (AvgIpc) is 2.03. The molecule has 0 aliphatic rings. The summed E-state index contributed by atoms with van der Waals surface area (Å²) < 4.78 is 0. The van der Waals surface area contributed by atoms with Crippen molar-refractivity contribution < 1.29 is 4.79 Å². The van der Waals surface area contributed by atoms with Crippen LogP contribution in [0.3, 0.4) is 0 Å². The second-order valence-electron chi connectivity index (χ2n) is 2.49. The lowest BCUT2D eigenvalue weighted by Crippen LogP contribution is -2.45. The molecule has 0 aliphatic heterocycles. The zero-order chi connectivity index (χ0) is 8.69. The molecule has 1 amide bonds. The van der Waals surface area contributed by atoms with Gasteiger partial charge in [-0.15, -0.1) is 0 Å². The van der Waals surface area contributed by atoms with E-state index in [4.69, 9.17) is 11.5 Å². The monoisotopic (exact) mass is 159 g/mol. The number of rotatable bonds is 5. The molecule has 1 atom stereocenters. The van der Waals surface area contributed by atoms with Gasteiger partial charge in [0.15, 0.2) is 0 Å². The van der Waals surface area contributed by atoms with Crippen molar-refractivity contribution in [2.24, 2.45) is 11.5 Å². The van der Waals surface area contributed by atoms with Crippen molar-refractivity contribution in [2.75, 3.05) is 13.1 Å². The summed E-state index contributed by atoms with van der Waals surface area (Å²) in [6.07, 6.45) is 2.06. The molecular weight excluding hydrogens is 142 g/mol. The molecule has 5 N–H and O–H groups in total. The highest BCUT2D eigenvalue weighted by Gasteiger charge is 2.08. The number of nitrogens with two attached hydrogens (primary N) is 2. The zero-order valence-corrected chi connectivity index (χ0v) is 6.97. The zero-order valence-electron chi connectivity index (χ0n) is 6.97. The van der Waals surface area contributed by atoms with Crippen LogP contribution < -0.4 is 16.8 Å². The molecule has 0 radical (unpaired) electrons. The highest BCUT2D eigenvalue weighted by Crippen LogP contribution is 1.83. The fourth-order valence-corrected chi connectivity index (χ4v) is 0.626. The van der Waals surface area contributed by atoms with E-state index in [9.17, 15) is 4.79 Å². The van der Waals surface area contributed by atoms with Gasteiger partial charge in [0.1, 0.15) is 0 Å². The molecule has 0 spiro atoms. The van der Waals surface area contributed by atoms with Crippen LogP contribution in [0.1, 0.15) is 19.8 Å². The Labute approximate surface area is 67.3 Å². The van der Waals surface area contributed by atoms with E-state index in [-0.39, 0.29) is 12.5 Å². The Hall–Kier alpha value is -0.610. The van der Waals surface area contributed by atoms with Gasteiger partial charge in [0.05, 0.1) is 6.04 Å². The molecule has 0 rings (SSSR count). The Morgan fingerprint density at radius 3 is 2.73 bits per heavy atom. The molecule has 0 fully saturated rings. The topological polar surface area (TPSA) is 81.1 Å². The molecule has 4 heteroatoms. The predicted molar refractivity (Wildman–Crippen MR) is 44.9 cm³/mol. The summed E-state index contributed by atoms with van der Waals surface area (Å²) in [5, 5.41) is 2.69. The predicted octanol–water partition coefficient (Wildman–Crippen LogP) is -0.811. The highest BCUT2D eigenvalue weighted by atomic mass is 16.2. The standard InChI is InChI=1S/C7H17N3O/c1-2-3-4-10-7(11)6(9)5-8/h6H,2-5,8-9H2,1H3,(H,10,11). The van der Waals surface area contributed by atoms with E-state index in [0.29, 0.717) is 6.54 Å². The lowest BCUT2D eigenvalue weighted by molar-refractivity contribution is -0.122. The van der Waals surface area contributed by atoms with Crippen LogP contribution in [0.5, 0.6) is 0 Å². The summed E-state index contributed by atoms with van der Waals surface area (Å²) in [5.74, 6) is -0.152. The fourth-order valence-electron chi connectivity index (χ4n) is 0.626. The second-order valence-corrected chi connectivity index (χ2v) is 2.49. The lowest BCUT2D eigenvalue weighted by atomic mass is 10.3. The van der Waals surface area contributed by atoms with Crippen molar-refractivity contribution in [3.63, 3.8) is 0 Å². The van der Waals surface area contributed by atoms with Crippen LogP contribution >= 0.6 is 0 Å². The fraction of sp³-hybridized carbons (Fsp3) is 0.857. The number of amides is 1. The molecule has 0 aromatic rings. The number of hydrogen-bond donors (Lipinski definition) is 3. The third-order valence-corrected chi connectivity index (χ3v) is 1.42. The minimum absolute atomic E-state index is 0.152. The van der Waals surface area contributed by atoms with Crippen molar-refractivity contribution in [3.05, 3.63) is 0 Å². The van der Waals surface area contributed by atoms with Crippen molar-refractivity contribution in [3.8, 4) is 0 Å². The molecule has 0 heterocycles. The van der Waals surface area contributed by atoms with Gasteiger partial charge in [0.2, 0.25) is 5.91 Å². The quantitative estimate of drug-likeness (QED) is 0.459. The maximum Gasteiger partial charge on any atom is 0.238 e. The van der Waals surface area contributed by atoms with Gasteiger partial charge < -0.3 is 16.8 Å². The maximum atomic E-state index is 10.9. The lowest BCUT2D eigenvalue weighted by Gasteiger charge is -2.08. The van der Waals surface area contributed by atoms with Crippen LogP contribution in [0.2, 0.25) is 0 Å². The van der Waals surface area contributed by atoms with Crippen molar-refractivity contribution in [1.29, 1.82) is 0 Å². The van der Waals surface area contributed by atoms with Crippen LogP contribution in [-0.2, 0) is 4.79 Å². The van der Waals surface area contributed by atoms with E-state index >= 15 is 0 Å². The summed E-state index contributed by atoms with van der Waals surface area (Å²) in [7, 11) is 0.